The van der Waals surface area contributed by atoms with Crippen molar-refractivity contribution in [3.05, 3.63) is 142 Å². The summed E-state index contributed by atoms with van der Waals surface area (Å²) in [7, 11) is 0. The van der Waals surface area contributed by atoms with Gasteiger partial charge in [-0.25, -0.2) is 8.78 Å². The van der Waals surface area contributed by atoms with Crippen LogP contribution in [-0.2, 0) is 44.6 Å². The molecule has 2 spiro atoms. The molecule has 280 valence electrons. The molecule has 4 aromatic rings. The maximum atomic E-state index is 14.3. The van der Waals surface area contributed by atoms with Gasteiger partial charge >= 0.3 is 12.4 Å². The van der Waals surface area contributed by atoms with Crippen molar-refractivity contribution < 1.29 is 54.3 Å². The fourth-order valence-electron chi connectivity index (χ4n) is 7.76. The van der Waals surface area contributed by atoms with Gasteiger partial charge in [-0.2, -0.15) is 26.3 Å². The maximum Gasteiger partial charge on any atom is 0.416 e. The SMILES string of the molecule is O=C1CC2(C[C@H]2c2ccc(C(F)(F)F)cc2F)C(=O)N1Cc1ccccc1.O=C1C[C@]2(C[C@@H]2c2ccc(C(F)(F)F)cc2F)C(=O)N1Cc1ccccc1. The molecular formula is C40H30F8N2O4. The maximum absolute atomic E-state index is 14.3. The van der Waals surface area contributed by atoms with Crippen LogP contribution in [0.2, 0.25) is 0 Å². The van der Waals surface area contributed by atoms with E-state index in [1.807, 2.05) is 12.1 Å². The van der Waals surface area contributed by atoms with Gasteiger partial charge < -0.3 is 0 Å². The Balaban J connectivity index is 0.000000167. The molecule has 6 nitrogen and oxygen atoms in total. The first kappa shape index (κ1) is 36.9. The minimum atomic E-state index is -4.63. The van der Waals surface area contributed by atoms with Crippen molar-refractivity contribution in [1.82, 2.24) is 9.80 Å². The van der Waals surface area contributed by atoms with Gasteiger partial charge in [0.25, 0.3) is 0 Å². The molecule has 0 bridgehead atoms. The largest absolute Gasteiger partial charge is 0.416 e. The lowest BCUT2D eigenvalue weighted by atomic mass is 9.96. The van der Waals surface area contributed by atoms with Crippen molar-refractivity contribution in [2.24, 2.45) is 10.8 Å². The summed E-state index contributed by atoms with van der Waals surface area (Å²) in [4.78, 5) is 52.7. The number of amides is 4. The first-order valence-electron chi connectivity index (χ1n) is 17.0. The number of hydrogen-bond acceptors (Lipinski definition) is 4. The summed E-state index contributed by atoms with van der Waals surface area (Å²) in [6, 6.07) is 22.7. The first-order chi connectivity index (χ1) is 25.4. The highest BCUT2D eigenvalue weighted by atomic mass is 19.4. The zero-order chi connectivity index (χ0) is 38.8. The number of rotatable bonds is 6. The molecule has 4 aliphatic rings. The molecule has 4 fully saturated rings. The van der Waals surface area contributed by atoms with E-state index in [1.54, 1.807) is 48.5 Å². The van der Waals surface area contributed by atoms with Gasteiger partial charge in [-0.1, -0.05) is 72.8 Å². The van der Waals surface area contributed by atoms with Crippen LogP contribution in [0.3, 0.4) is 0 Å². The Hall–Kier alpha value is -5.40. The van der Waals surface area contributed by atoms with Gasteiger partial charge in [-0.3, -0.25) is 29.0 Å². The third-order valence-electron chi connectivity index (χ3n) is 10.8. The Morgan fingerprint density at radius 3 is 1.20 bits per heavy atom. The summed E-state index contributed by atoms with van der Waals surface area (Å²) >= 11 is 0. The van der Waals surface area contributed by atoms with Gasteiger partial charge in [-0.05, 0) is 59.4 Å². The van der Waals surface area contributed by atoms with Crippen LogP contribution in [0.4, 0.5) is 35.1 Å². The standard InChI is InChI=1S/2C20H15F4NO2/c2*21-16-8-13(20(22,23)24)6-7-14(16)15-9-19(15)10-17(26)25(18(19)27)11-12-4-2-1-3-5-12/h2*1-8,15H,9-11H2/t15-,19?;15-,19+/m01/s1. The lowest BCUT2D eigenvalue weighted by Crippen LogP contribution is -2.30. The first-order valence-corrected chi connectivity index (χ1v) is 17.0. The van der Waals surface area contributed by atoms with E-state index >= 15 is 0 Å². The minimum absolute atomic E-state index is 0.0379. The summed E-state index contributed by atoms with van der Waals surface area (Å²) in [5.41, 5.74) is -2.46. The second-order valence-electron chi connectivity index (χ2n) is 14.2. The van der Waals surface area contributed by atoms with Crippen molar-refractivity contribution in [2.45, 2.75) is 63.0 Å². The molecule has 8 rings (SSSR count). The van der Waals surface area contributed by atoms with Crippen LogP contribution in [-0.4, -0.2) is 33.4 Å². The van der Waals surface area contributed by atoms with Crippen LogP contribution in [0.15, 0.2) is 97.1 Å². The van der Waals surface area contributed by atoms with E-state index in [2.05, 4.69) is 0 Å². The molecule has 1 unspecified atom stereocenters. The predicted molar refractivity (Wildman–Crippen MR) is 176 cm³/mol. The van der Waals surface area contributed by atoms with Crippen molar-refractivity contribution in [3.63, 3.8) is 0 Å². The number of carbonyl (C=O) groups excluding carboxylic acids is 4. The van der Waals surface area contributed by atoms with Crippen molar-refractivity contribution in [1.29, 1.82) is 0 Å². The number of benzene rings is 4. The number of likely N-dealkylation sites (tertiary alicyclic amines) is 2. The summed E-state index contributed by atoms with van der Waals surface area (Å²) in [6.07, 6.45) is -8.80. The van der Waals surface area contributed by atoms with Crippen molar-refractivity contribution in [3.8, 4) is 0 Å². The highest BCUT2D eigenvalue weighted by Crippen LogP contribution is 2.66. The third kappa shape index (κ3) is 6.66. The molecule has 4 aromatic carbocycles. The molecule has 0 aromatic heterocycles. The number of hydrogen-bond donors (Lipinski definition) is 0. The van der Waals surface area contributed by atoms with Gasteiger partial charge in [0.2, 0.25) is 23.6 Å². The van der Waals surface area contributed by atoms with E-state index in [9.17, 15) is 54.3 Å². The molecule has 54 heavy (non-hydrogen) atoms. The number of imide groups is 2. The summed E-state index contributed by atoms with van der Waals surface area (Å²) in [5, 5.41) is 0. The highest BCUT2D eigenvalue weighted by molar-refractivity contribution is 6.09. The average molecular weight is 755 g/mol. The number of alkyl halides is 6. The Morgan fingerprint density at radius 1 is 0.537 bits per heavy atom. The monoisotopic (exact) mass is 754 g/mol. The van der Waals surface area contributed by atoms with E-state index in [1.165, 1.54) is 0 Å². The fourth-order valence-corrected chi connectivity index (χ4v) is 7.76. The molecule has 2 aliphatic carbocycles. The molecule has 0 N–H and O–H groups in total. The second-order valence-corrected chi connectivity index (χ2v) is 14.2. The molecule has 2 heterocycles. The lowest BCUT2D eigenvalue weighted by Gasteiger charge is -2.15. The molecule has 14 heteroatoms. The Labute approximate surface area is 303 Å². The number of nitrogens with zero attached hydrogens (tertiary/aromatic N) is 2. The second kappa shape index (κ2) is 13.2. The molecule has 2 aliphatic heterocycles. The van der Waals surface area contributed by atoms with Gasteiger partial charge in [0.05, 0.1) is 35.0 Å². The highest BCUT2D eigenvalue weighted by Gasteiger charge is 2.68. The van der Waals surface area contributed by atoms with Gasteiger partial charge in [-0.15, -0.1) is 0 Å². The zero-order valence-corrected chi connectivity index (χ0v) is 28.2. The summed E-state index contributed by atoms with van der Waals surface area (Å²) < 4.78 is 105. The van der Waals surface area contributed by atoms with Crippen LogP contribution >= 0.6 is 0 Å². The molecule has 4 atom stereocenters. The van der Waals surface area contributed by atoms with E-state index in [0.717, 1.165) is 45.2 Å². The topological polar surface area (TPSA) is 74.8 Å². The Morgan fingerprint density at radius 2 is 0.889 bits per heavy atom. The quantitative estimate of drug-likeness (QED) is 0.146. The van der Waals surface area contributed by atoms with Crippen LogP contribution in [0.1, 0.15) is 70.9 Å². The molecule has 2 saturated heterocycles. The normalized spacial score (nSPS) is 24.7. The van der Waals surface area contributed by atoms with Crippen LogP contribution in [0.25, 0.3) is 0 Å². The molecule has 0 radical (unpaired) electrons. The average Bonchev–Trinajstić information content (AvgIpc) is 4.00. The van der Waals surface area contributed by atoms with Gasteiger partial charge in [0.1, 0.15) is 11.6 Å². The van der Waals surface area contributed by atoms with E-state index in [4.69, 9.17) is 0 Å². The van der Waals surface area contributed by atoms with Crippen LogP contribution in [0.5, 0.6) is 0 Å². The van der Waals surface area contributed by atoms with E-state index < -0.39 is 57.8 Å². The smallest absolute Gasteiger partial charge is 0.278 e. The number of halogens is 8. The van der Waals surface area contributed by atoms with E-state index in [-0.39, 0.29) is 73.5 Å². The van der Waals surface area contributed by atoms with Crippen molar-refractivity contribution in [2.75, 3.05) is 0 Å². The van der Waals surface area contributed by atoms with Crippen LogP contribution < -0.4 is 0 Å². The van der Waals surface area contributed by atoms with Gasteiger partial charge in [0.15, 0.2) is 0 Å². The lowest BCUT2D eigenvalue weighted by molar-refractivity contribution is -0.142. The van der Waals surface area contributed by atoms with Crippen LogP contribution in [0, 0.1) is 22.5 Å². The number of carbonyl (C=O) groups is 4. The minimum Gasteiger partial charge on any atom is -0.278 e. The molecule has 4 amide bonds. The fraction of sp³-hybridized carbons (Fsp3) is 0.300. The van der Waals surface area contributed by atoms with Crippen molar-refractivity contribution >= 4 is 23.6 Å². The van der Waals surface area contributed by atoms with Gasteiger partial charge in [0, 0.05) is 24.7 Å². The molecule has 2 saturated carbocycles. The Bertz CT molecular complexity index is 2000. The summed E-state index contributed by atoms with van der Waals surface area (Å²) in [6.45, 7) is 0.283. The Kier molecular flexibility index (Phi) is 9.01. The summed E-state index contributed by atoms with van der Waals surface area (Å²) in [5.74, 6) is -4.55. The molecular weight excluding hydrogens is 724 g/mol. The van der Waals surface area contributed by atoms with E-state index in [0.29, 0.717) is 12.1 Å². The third-order valence-corrected chi connectivity index (χ3v) is 10.8. The zero-order valence-electron chi connectivity index (χ0n) is 28.2. The predicted octanol–water partition coefficient (Wildman–Crippen LogP) is 8.55.